The summed E-state index contributed by atoms with van der Waals surface area (Å²) in [5, 5.41) is 0. The van der Waals surface area contributed by atoms with Gasteiger partial charge in [0.15, 0.2) is 0 Å². The molecule has 144 valence electrons. The molecular weight excluding hydrogens is 340 g/mol. The monoisotopic (exact) mass is 374 g/mol. The largest absolute Gasteiger partial charge is 0.380 e. The van der Waals surface area contributed by atoms with Gasteiger partial charge in [0.1, 0.15) is 0 Å². The van der Waals surface area contributed by atoms with Crippen molar-refractivity contribution in [1.82, 2.24) is 0 Å². The average molecular weight is 375 g/mol. The van der Waals surface area contributed by atoms with Crippen molar-refractivity contribution >= 4 is 11.6 Å². The Balaban J connectivity index is 1.36. The zero-order chi connectivity index (χ0) is 18.2. The molecule has 1 nitrogen and oxygen atoms in total. The van der Waals surface area contributed by atoms with E-state index in [9.17, 15) is 0 Å². The van der Waals surface area contributed by atoms with Gasteiger partial charge in [0.25, 0.3) is 0 Å². The standard InChI is InChI=1S/C24H35ClO/c1-26-18-22-10-14-24(15-11-22)23-12-8-20(9-13-23)3-2-19-4-6-21(7-5-19)16-17-25/h10-11,14-17,19-21,23H,2-9,12-13,18H2,1H3/b17-16+. The SMILES string of the molecule is COCc1ccc(C2CCC(CCC3CCC(/C=C/Cl)CC3)CC2)cc1. The van der Waals surface area contributed by atoms with Gasteiger partial charge in [-0.25, -0.2) is 0 Å². The van der Waals surface area contributed by atoms with E-state index in [1.807, 2.05) is 0 Å². The van der Waals surface area contributed by atoms with Gasteiger partial charge in [-0.3, -0.25) is 0 Å². The zero-order valence-corrected chi connectivity index (χ0v) is 17.1. The van der Waals surface area contributed by atoms with Crippen molar-refractivity contribution in [3.8, 4) is 0 Å². The predicted octanol–water partition coefficient (Wildman–Crippen LogP) is 7.45. The Morgan fingerprint density at radius 3 is 2.00 bits per heavy atom. The molecule has 2 aliphatic carbocycles. The molecule has 0 aromatic heterocycles. The summed E-state index contributed by atoms with van der Waals surface area (Å²) >= 11 is 5.73. The van der Waals surface area contributed by atoms with Crippen LogP contribution in [0.2, 0.25) is 0 Å². The molecule has 0 unspecified atom stereocenters. The molecule has 0 aliphatic heterocycles. The van der Waals surface area contributed by atoms with E-state index in [1.54, 1.807) is 12.6 Å². The second-order valence-electron chi connectivity index (χ2n) is 8.57. The van der Waals surface area contributed by atoms with Gasteiger partial charge in [0.05, 0.1) is 6.61 Å². The summed E-state index contributed by atoms with van der Waals surface area (Å²) in [5.74, 6) is 3.47. The van der Waals surface area contributed by atoms with Crippen molar-refractivity contribution in [2.45, 2.75) is 76.7 Å². The first-order valence-corrected chi connectivity index (χ1v) is 11.1. The molecule has 0 heterocycles. The van der Waals surface area contributed by atoms with Gasteiger partial charge < -0.3 is 4.74 Å². The highest BCUT2D eigenvalue weighted by molar-refractivity contribution is 6.25. The summed E-state index contributed by atoms with van der Waals surface area (Å²) in [6, 6.07) is 9.13. The molecule has 0 amide bonds. The number of ether oxygens (including phenoxy) is 1. The number of halogens is 1. The van der Waals surface area contributed by atoms with Crippen LogP contribution in [0.5, 0.6) is 0 Å². The summed E-state index contributed by atoms with van der Waals surface area (Å²) in [4.78, 5) is 0. The van der Waals surface area contributed by atoms with Crippen LogP contribution in [0, 0.1) is 17.8 Å². The van der Waals surface area contributed by atoms with Gasteiger partial charge in [0, 0.05) is 12.6 Å². The minimum absolute atomic E-state index is 0.719. The molecule has 0 spiro atoms. The van der Waals surface area contributed by atoms with Crippen LogP contribution in [0.1, 0.15) is 81.3 Å². The minimum atomic E-state index is 0.719. The Bertz CT molecular complexity index is 534. The molecule has 0 saturated heterocycles. The maximum atomic E-state index is 5.73. The quantitative estimate of drug-likeness (QED) is 0.481. The van der Waals surface area contributed by atoms with Crippen LogP contribution in [0.3, 0.4) is 0 Å². The van der Waals surface area contributed by atoms with E-state index in [-0.39, 0.29) is 0 Å². The number of hydrogen-bond donors (Lipinski definition) is 0. The first kappa shape index (κ1) is 20.0. The molecule has 26 heavy (non-hydrogen) atoms. The lowest BCUT2D eigenvalue weighted by atomic mass is 9.74. The second kappa shape index (κ2) is 10.5. The molecule has 2 saturated carbocycles. The van der Waals surface area contributed by atoms with Crippen LogP contribution >= 0.6 is 11.6 Å². The van der Waals surface area contributed by atoms with Crippen molar-refractivity contribution in [1.29, 1.82) is 0 Å². The topological polar surface area (TPSA) is 9.23 Å². The van der Waals surface area contributed by atoms with Gasteiger partial charge in [0.2, 0.25) is 0 Å². The highest BCUT2D eigenvalue weighted by Crippen LogP contribution is 2.40. The minimum Gasteiger partial charge on any atom is -0.380 e. The Morgan fingerprint density at radius 2 is 1.46 bits per heavy atom. The molecule has 0 radical (unpaired) electrons. The summed E-state index contributed by atoms with van der Waals surface area (Å²) < 4.78 is 5.21. The molecule has 0 bridgehead atoms. The Morgan fingerprint density at radius 1 is 0.885 bits per heavy atom. The maximum absolute atomic E-state index is 5.73. The van der Waals surface area contributed by atoms with Crippen molar-refractivity contribution in [3.05, 3.63) is 47.0 Å². The molecule has 1 aromatic rings. The highest BCUT2D eigenvalue weighted by atomic mass is 35.5. The lowest BCUT2D eigenvalue weighted by molar-refractivity contribution is 0.185. The van der Waals surface area contributed by atoms with Crippen LogP contribution in [-0.2, 0) is 11.3 Å². The summed E-state index contributed by atoms with van der Waals surface area (Å²) in [6.45, 7) is 0.719. The number of allylic oxidation sites excluding steroid dienone is 1. The third kappa shape index (κ3) is 5.86. The summed E-state index contributed by atoms with van der Waals surface area (Å²) in [5.41, 5.74) is 4.53. The molecule has 2 aliphatic rings. The summed E-state index contributed by atoms with van der Waals surface area (Å²) in [7, 11) is 1.76. The van der Waals surface area contributed by atoms with Crippen LogP contribution in [0.15, 0.2) is 35.9 Å². The van der Waals surface area contributed by atoms with Gasteiger partial charge in [-0.15, -0.1) is 0 Å². The van der Waals surface area contributed by atoms with Crippen LogP contribution < -0.4 is 0 Å². The average Bonchev–Trinajstić information content (AvgIpc) is 2.69. The van der Waals surface area contributed by atoms with Crippen molar-refractivity contribution in [2.75, 3.05) is 7.11 Å². The lowest BCUT2D eigenvalue weighted by Gasteiger charge is -2.31. The Hall–Kier alpha value is -0.790. The molecule has 3 rings (SSSR count). The molecule has 2 fully saturated rings. The molecule has 2 heteroatoms. The fourth-order valence-corrected chi connectivity index (χ4v) is 5.29. The van der Waals surface area contributed by atoms with Gasteiger partial charge in [-0.1, -0.05) is 54.8 Å². The molecular formula is C24H35ClO. The number of hydrogen-bond acceptors (Lipinski definition) is 1. The van der Waals surface area contributed by atoms with E-state index in [0.717, 1.165) is 30.3 Å². The van der Waals surface area contributed by atoms with Crippen LogP contribution in [-0.4, -0.2) is 7.11 Å². The van der Waals surface area contributed by atoms with Crippen LogP contribution in [0.4, 0.5) is 0 Å². The van der Waals surface area contributed by atoms with Gasteiger partial charge in [-0.2, -0.15) is 0 Å². The number of rotatable bonds is 7. The maximum Gasteiger partial charge on any atom is 0.0713 e. The first-order valence-electron chi connectivity index (χ1n) is 10.6. The molecule has 0 N–H and O–H groups in total. The van der Waals surface area contributed by atoms with E-state index in [1.165, 1.54) is 75.3 Å². The van der Waals surface area contributed by atoms with E-state index >= 15 is 0 Å². The zero-order valence-electron chi connectivity index (χ0n) is 16.3. The lowest BCUT2D eigenvalue weighted by Crippen LogP contribution is -2.17. The highest BCUT2D eigenvalue weighted by Gasteiger charge is 2.24. The van der Waals surface area contributed by atoms with E-state index < -0.39 is 0 Å². The van der Waals surface area contributed by atoms with E-state index in [4.69, 9.17) is 16.3 Å². The van der Waals surface area contributed by atoms with Crippen molar-refractivity contribution < 1.29 is 4.74 Å². The molecule has 0 atom stereocenters. The summed E-state index contributed by atoms with van der Waals surface area (Å²) in [6.07, 6.45) is 16.2. The smallest absolute Gasteiger partial charge is 0.0713 e. The van der Waals surface area contributed by atoms with E-state index in [2.05, 4.69) is 30.3 Å². The third-order valence-corrected chi connectivity index (χ3v) is 6.97. The van der Waals surface area contributed by atoms with Gasteiger partial charge >= 0.3 is 0 Å². The normalized spacial score (nSPS) is 29.9. The van der Waals surface area contributed by atoms with Crippen molar-refractivity contribution in [2.24, 2.45) is 17.8 Å². The Kier molecular flexibility index (Phi) is 8.08. The van der Waals surface area contributed by atoms with Crippen LogP contribution in [0.25, 0.3) is 0 Å². The van der Waals surface area contributed by atoms with Crippen molar-refractivity contribution in [3.63, 3.8) is 0 Å². The van der Waals surface area contributed by atoms with E-state index in [0.29, 0.717) is 0 Å². The number of benzene rings is 1. The third-order valence-electron chi connectivity index (χ3n) is 6.83. The fourth-order valence-electron chi connectivity index (χ4n) is 5.08. The number of methoxy groups -OCH3 is 1. The van der Waals surface area contributed by atoms with Gasteiger partial charge in [-0.05, 0) is 86.2 Å². The first-order chi connectivity index (χ1) is 12.8. The second-order valence-corrected chi connectivity index (χ2v) is 8.82. The fraction of sp³-hybridized carbons (Fsp3) is 0.667. The molecule has 1 aromatic carbocycles. The Labute approximate surface area is 165 Å². The predicted molar refractivity (Wildman–Crippen MR) is 112 cm³/mol.